The van der Waals surface area contributed by atoms with E-state index in [1.807, 2.05) is 6.92 Å². The van der Waals surface area contributed by atoms with Crippen LogP contribution in [-0.4, -0.2) is 19.9 Å². The molecule has 0 unspecified atom stereocenters. The molecule has 1 aromatic carbocycles. The summed E-state index contributed by atoms with van der Waals surface area (Å²) < 4.78 is 36.8. The lowest BCUT2D eigenvalue weighted by atomic mass is 10.2. The Hall–Kier alpha value is -0.990. The first-order valence-corrected chi connectivity index (χ1v) is 7.81. The first-order chi connectivity index (χ1) is 8.62. The van der Waals surface area contributed by atoms with Crippen LogP contribution in [0.15, 0.2) is 21.5 Å². The molecule has 1 amide bonds. The maximum absolute atomic E-state index is 14.1. The van der Waals surface area contributed by atoms with Crippen molar-refractivity contribution in [2.75, 3.05) is 0 Å². The predicted octanol–water partition coefficient (Wildman–Crippen LogP) is 1.52. The van der Waals surface area contributed by atoms with Gasteiger partial charge in [0, 0.05) is 10.0 Å². The van der Waals surface area contributed by atoms with E-state index in [0.717, 1.165) is 18.9 Å². The quantitative estimate of drug-likeness (QED) is 0.865. The number of carbonyl (C=O) groups excluding carboxylic acids is 1. The molecule has 0 spiro atoms. The van der Waals surface area contributed by atoms with Crippen LogP contribution in [0.25, 0.3) is 0 Å². The number of sulfonamides is 1. The number of hydrogen-bond acceptors (Lipinski definition) is 3. The fourth-order valence-electron chi connectivity index (χ4n) is 1.59. The smallest absolute Gasteiger partial charge is 0.254 e. The lowest BCUT2D eigenvalue weighted by Gasteiger charge is -2.13. The summed E-state index contributed by atoms with van der Waals surface area (Å²) in [5, 5.41) is 7.57. The van der Waals surface area contributed by atoms with E-state index in [9.17, 15) is 17.6 Å². The van der Waals surface area contributed by atoms with Crippen LogP contribution >= 0.6 is 15.9 Å². The molecular formula is C11H12BrFN2O3S. The molecule has 2 rings (SSSR count). The van der Waals surface area contributed by atoms with Gasteiger partial charge in [0.2, 0.25) is 10.0 Å². The van der Waals surface area contributed by atoms with E-state index in [1.165, 1.54) is 6.07 Å². The van der Waals surface area contributed by atoms with Crippen molar-refractivity contribution < 1.29 is 17.6 Å². The Morgan fingerprint density at radius 3 is 2.53 bits per heavy atom. The van der Waals surface area contributed by atoms with Crippen LogP contribution < -0.4 is 10.5 Å². The minimum atomic E-state index is -4.23. The molecule has 3 N–H and O–H groups in total. The summed E-state index contributed by atoms with van der Waals surface area (Å²) in [5.41, 5.74) is -0.667. The van der Waals surface area contributed by atoms with Gasteiger partial charge in [-0.05, 0) is 31.9 Å². The maximum Gasteiger partial charge on any atom is 0.254 e. The number of halogens is 2. The second-order valence-corrected chi connectivity index (χ2v) is 7.27. The summed E-state index contributed by atoms with van der Waals surface area (Å²) in [6.45, 7) is 1.83. The van der Waals surface area contributed by atoms with Crippen LogP contribution in [0.4, 0.5) is 4.39 Å². The standard InChI is InChI=1S/C11H12BrFN2O3S/c1-11(2-3-11)15-10(16)7-4-6(12)5-8(9(7)13)19(14,17)18/h4-5H,2-3H2,1H3,(H,15,16)(H2,14,17,18). The second kappa shape index (κ2) is 4.53. The molecule has 1 saturated carbocycles. The van der Waals surface area contributed by atoms with Crippen molar-refractivity contribution in [1.82, 2.24) is 5.32 Å². The van der Waals surface area contributed by atoms with E-state index < -0.39 is 26.6 Å². The highest BCUT2D eigenvalue weighted by Gasteiger charge is 2.39. The van der Waals surface area contributed by atoms with Crippen LogP contribution in [0.2, 0.25) is 0 Å². The fourth-order valence-corrected chi connectivity index (χ4v) is 2.85. The van der Waals surface area contributed by atoms with E-state index in [2.05, 4.69) is 21.2 Å². The van der Waals surface area contributed by atoms with Crippen molar-refractivity contribution in [2.24, 2.45) is 5.14 Å². The molecule has 0 radical (unpaired) electrons. The molecule has 0 saturated heterocycles. The lowest BCUT2D eigenvalue weighted by Crippen LogP contribution is -2.35. The van der Waals surface area contributed by atoms with E-state index in [1.54, 1.807) is 0 Å². The highest BCUT2D eigenvalue weighted by atomic mass is 79.9. The summed E-state index contributed by atoms with van der Waals surface area (Å²) in [5.74, 6) is -1.78. The molecule has 8 heteroatoms. The summed E-state index contributed by atoms with van der Waals surface area (Å²) >= 11 is 3.04. The second-order valence-electron chi connectivity index (χ2n) is 4.83. The monoisotopic (exact) mass is 350 g/mol. The van der Waals surface area contributed by atoms with E-state index >= 15 is 0 Å². The SMILES string of the molecule is CC1(NC(=O)c2cc(Br)cc(S(N)(=O)=O)c2F)CC1. The minimum absolute atomic E-state index is 0.268. The number of carbonyl (C=O) groups is 1. The summed E-state index contributed by atoms with van der Waals surface area (Å²) in [4.78, 5) is 11.2. The van der Waals surface area contributed by atoms with Crippen LogP contribution in [0.1, 0.15) is 30.1 Å². The van der Waals surface area contributed by atoms with Gasteiger partial charge in [0.15, 0.2) is 5.82 Å². The Kier molecular flexibility index (Phi) is 3.44. The van der Waals surface area contributed by atoms with E-state index in [4.69, 9.17) is 5.14 Å². The lowest BCUT2D eigenvalue weighted by molar-refractivity contribution is 0.0930. The van der Waals surface area contributed by atoms with Gasteiger partial charge in [-0.15, -0.1) is 0 Å². The third-order valence-electron chi connectivity index (χ3n) is 2.97. The first-order valence-electron chi connectivity index (χ1n) is 5.47. The van der Waals surface area contributed by atoms with Gasteiger partial charge >= 0.3 is 0 Å². The molecule has 0 atom stereocenters. The molecule has 1 aromatic rings. The average Bonchev–Trinajstić information content (AvgIpc) is 2.97. The predicted molar refractivity (Wildman–Crippen MR) is 70.6 cm³/mol. The Balaban J connectivity index is 2.46. The molecule has 1 aliphatic carbocycles. The third kappa shape index (κ3) is 3.13. The number of nitrogens with one attached hydrogen (secondary N) is 1. The molecule has 19 heavy (non-hydrogen) atoms. The van der Waals surface area contributed by atoms with Crippen molar-refractivity contribution in [3.8, 4) is 0 Å². The van der Waals surface area contributed by atoms with Crippen LogP contribution in [0, 0.1) is 5.82 Å². The molecule has 0 bridgehead atoms. The molecule has 1 fully saturated rings. The van der Waals surface area contributed by atoms with E-state index in [-0.39, 0.29) is 15.6 Å². The van der Waals surface area contributed by atoms with Crippen molar-refractivity contribution in [3.63, 3.8) is 0 Å². The van der Waals surface area contributed by atoms with Gasteiger partial charge in [-0.2, -0.15) is 0 Å². The maximum atomic E-state index is 14.1. The Morgan fingerprint density at radius 1 is 1.47 bits per heavy atom. The zero-order valence-electron chi connectivity index (χ0n) is 10.0. The van der Waals surface area contributed by atoms with Gasteiger partial charge < -0.3 is 5.32 Å². The van der Waals surface area contributed by atoms with Crippen LogP contribution in [0.3, 0.4) is 0 Å². The van der Waals surface area contributed by atoms with Crippen molar-refractivity contribution in [1.29, 1.82) is 0 Å². The largest absolute Gasteiger partial charge is 0.347 e. The number of hydrogen-bond donors (Lipinski definition) is 2. The number of primary sulfonamides is 1. The number of benzene rings is 1. The number of nitrogens with two attached hydrogens (primary N) is 1. The fraction of sp³-hybridized carbons (Fsp3) is 0.364. The Bertz CT molecular complexity index is 656. The molecule has 5 nitrogen and oxygen atoms in total. The summed E-state index contributed by atoms with van der Waals surface area (Å²) in [6, 6.07) is 2.26. The third-order valence-corrected chi connectivity index (χ3v) is 4.34. The first kappa shape index (κ1) is 14.4. The molecule has 0 heterocycles. The van der Waals surface area contributed by atoms with Crippen LogP contribution in [-0.2, 0) is 10.0 Å². The van der Waals surface area contributed by atoms with Gasteiger partial charge in [-0.1, -0.05) is 15.9 Å². The van der Waals surface area contributed by atoms with Gasteiger partial charge in [0.25, 0.3) is 5.91 Å². The highest BCUT2D eigenvalue weighted by molar-refractivity contribution is 9.10. The summed E-state index contributed by atoms with van der Waals surface area (Å²) in [7, 11) is -4.23. The molecular weight excluding hydrogens is 339 g/mol. The van der Waals surface area contributed by atoms with Gasteiger partial charge in [-0.3, -0.25) is 4.79 Å². The zero-order chi connectivity index (χ0) is 14.4. The topological polar surface area (TPSA) is 89.3 Å². The van der Waals surface area contributed by atoms with Crippen molar-refractivity contribution in [2.45, 2.75) is 30.2 Å². The van der Waals surface area contributed by atoms with Gasteiger partial charge in [0.05, 0.1) is 5.56 Å². The molecule has 0 aliphatic heterocycles. The summed E-state index contributed by atoms with van der Waals surface area (Å²) in [6.07, 6.45) is 1.63. The minimum Gasteiger partial charge on any atom is -0.347 e. The molecule has 1 aliphatic rings. The van der Waals surface area contributed by atoms with Crippen LogP contribution in [0.5, 0.6) is 0 Å². The van der Waals surface area contributed by atoms with Crippen molar-refractivity contribution in [3.05, 3.63) is 28.0 Å². The molecule has 0 aromatic heterocycles. The highest BCUT2D eigenvalue weighted by Crippen LogP contribution is 2.35. The van der Waals surface area contributed by atoms with Crippen molar-refractivity contribution >= 4 is 31.9 Å². The molecule has 104 valence electrons. The number of amides is 1. The van der Waals surface area contributed by atoms with Gasteiger partial charge in [0.1, 0.15) is 4.90 Å². The Labute approximate surface area is 118 Å². The number of rotatable bonds is 3. The zero-order valence-corrected chi connectivity index (χ0v) is 12.4. The normalized spacial score (nSPS) is 17.1. The van der Waals surface area contributed by atoms with E-state index in [0.29, 0.717) is 0 Å². The van der Waals surface area contributed by atoms with Gasteiger partial charge in [-0.25, -0.2) is 17.9 Å². The Morgan fingerprint density at radius 2 is 2.05 bits per heavy atom. The average molecular weight is 351 g/mol.